The van der Waals surface area contributed by atoms with E-state index in [1.165, 1.54) is 0 Å². The zero-order valence-electron chi connectivity index (χ0n) is 16.9. The summed E-state index contributed by atoms with van der Waals surface area (Å²) in [5.41, 5.74) is 2.58. The van der Waals surface area contributed by atoms with Crippen molar-refractivity contribution in [2.75, 3.05) is 24.6 Å². The van der Waals surface area contributed by atoms with Crippen LogP contribution in [0, 0.1) is 3.57 Å². The molecule has 1 aliphatic heterocycles. The SMILES string of the molecule is CCCCOC(=O)[C@H](C)OC(=O)/C(CC)=C1\CCN(c2cc(Cl)cc(Cl)c2I)C1. The monoisotopic (exact) mass is 553 g/mol. The van der Waals surface area contributed by atoms with Crippen molar-refractivity contribution in [3.63, 3.8) is 0 Å². The first-order valence-electron chi connectivity index (χ1n) is 9.76. The molecule has 0 spiro atoms. The molecule has 0 unspecified atom stereocenters. The third-order valence-electron chi connectivity index (χ3n) is 4.76. The molecule has 29 heavy (non-hydrogen) atoms. The second kappa shape index (κ2) is 11.4. The van der Waals surface area contributed by atoms with Gasteiger partial charge in [-0.15, -0.1) is 0 Å². The quantitative estimate of drug-likeness (QED) is 0.134. The van der Waals surface area contributed by atoms with Gasteiger partial charge in [0.15, 0.2) is 6.10 Å². The lowest BCUT2D eigenvalue weighted by molar-refractivity contribution is -0.164. The number of halogens is 3. The number of carbonyl (C=O) groups is 2. The molecule has 1 aliphatic rings. The van der Waals surface area contributed by atoms with E-state index in [0.29, 0.717) is 35.2 Å². The molecule has 0 N–H and O–H groups in total. The highest BCUT2D eigenvalue weighted by atomic mass is 127. The lowest BCUT2D eigenvalue weighted by Gasteiger charge is -2.20. The van der Waals surface area contributed by atoms with Gasteiger partial charge in [-0.3, -0.25) is 0 Å². The van der Waals surface area contributed by atoms with Crippen molar-refractivity contribution >= 4 is 63.4 Å². The molecule has 0 amide bonds. The highest BCUT2D eigenvalue weighted by Crippen LogP contribution is 2.36. The van der Waals surface area contributed by atoms with Crippen LogP contribution in [-0.2, 0) is 19.1 Å². The molecule has 1 aromatic carbocycles. The topological polar surface area (TPSA) is 55.8 Å². The van der Waals surface area contributed by atoms with Crippen LogP contribution in [0.2, 0.25) is 10.0 Å². The van der Waals surface area contributed by atoms with Crippen molar-refractivity contribution < 1.29 is 19.1 Å². The third-order valence-corrected chi connectivity index (χ3v) is 6.73. The first-order valence-corrected chi connectivity index (χ1v) is 11.6. The molecule has 1 aromatic rings. The van der Waals surface area contributed by atoms with Gasteiger partial charge < -0.3 is 14.4 Å². The summed E-state index contributed by atoms with van der Waals surface area (Å²) in [6.45, 7) is 7.17. The van der Waals surface area contributed by atoms with E-state index in [4.69, 9.17) is 32.7 Å². The van der Waals surface area contributed by atoms with E-state index < -0.39 is 18.0 Å². The number of carbonyl (C=O) groups excluding carboxylic acids is 2. The van der Waals surface area contributed by atoms with Crippen molar-refractivity contribution in [2.45, 2.75) is 52.6 Å². The van der Waals surface area contributed by atoms with Gasteiger partial charge >= 0.3 is 11.9 Å². The summed E-state index contributed by atoms with van der Waals surface area (Å²) in [4.78, 5) is 26.8. The number of rotatable bonds is 8. The fraction of sp³-hybridized carbons (Fsp3) is 0.524. The van der Waals surface area contributed by atoms with Crippen LogP contribution in [0.3, 0.4) is 0 Å². The third kappa shape index (κ3) is 6.49. The molecule has 0 bridgehead atoms. The summed E-state index contributed by atoms with van der Waals surface area (Å²) in [6.07, 6.45) is 2.08. The van der Waals surface area contributed by atoms with E-state index in [9.17, 15) is 9.59 Å². The van der Waals surface area contributed by atoms with Crippen LogP contribution in [0.1, 0.15) is 46.5 Å². The van der Waals surface area contributed by atoms with Gasteiger partial charge in [0, 0.05) is 23.7 Å². The Morgan fingerprint density at radius 2 is 2.00 bits per heavy atom. The van der Waals surface area contributed by atoms with Crippen LogP contribution in [0.15, 0.2) is 23.3 Å². The number of hydrogen-bond donors (Lipinski definition) is 0. The zero-order valence-corrected chi connectivity index (χ0v) is 20.6. The van der Waals surface area contributed by atoms with E-state index in [2.05, 4.69) is 27.5 Å². The van der Waals surface area contributed by atoms with Crippen LogP contribution in [0.5, 0.6) is 0 Å². The fourth-order valence-electron chi connectivity index (χ4n) is 3.14. The molecule has 8 heteroatoms. The number of benzene rings is 1. The van der Waals surface area contributed by atoms with Crippen LogP contribution in [0.25, 0.3) is 0 Å². The maximum atomic E-state index is 12.7. The van der Waals surface area contributed by atoms with Gasteiger partial charge in [0.2, 0.25) is 0 Å². The molecular formula is C21H26Cl2INO4. The maximum absolute atomic E-state index is 12.7. The Labute approximate surface area is 195 Å². The molecule has 0 aliphatic carbocycles. The largest absolute Gasteiger partial charge is 0.463 e. The molecule has 0 aromatic heterocycles. The van der Waals surface area contributed by atoms with E-state index >= 15 is 0 Å². The Hall–Kier alpha value is -0.990. The summed E-state index contributed by atoms with van der Waals surface area (Å²) >= 11 is 14.6. The fourth-order valence-corrected chi connectivity index (χ4v) is 4.27. The second-order valence-corrected chi connectivity index (χ2v) is 8.82. The van der Waals surface area contributed by atoms with E-state index in [-0.39, 0.29) is 0 Å². The Bertz CT molecular complexity index is 797. The molecular weight excluding hydrogens is 528 g/mol. The van der Waals surface area contributed by atoms with Crippen molar-refractivity contribution in [3.8, 4) is 0 Å². The normalized spacial score (nSPS) is 16.6. The average Bonchev–Trinajstić information content (AvgIpc) is 3.14. The molecule has 1 saturated heterocycles. The molecule has 1 atom stereocenters. The molecule has 1 heterocycles. The molecule has 160 valence electrons. The van der Waals surface area contributed by atoms with Gasteiger partial charge in [0.05, 0.1) is 20.9 Å². The Morgan fingerprint density at radius 3 is 2.66 bits per heavy atom. The highest BCUT2D eigenvalue weighted by molar-refractivity contribution is 14.1. The minimum absolute atomic E-state index is 0.342. The van der Waals surface area contributed by atoms with Crippen molar-refractivity contribution in [3.05, 3.63) is 36.9 Å². The summed E-state index contributed by atoms with van der Waals surface area (Å²) in [5.74, 6) is -0.966. The number of hydrogen-bond acceptors (Lipinski definition) is 5. The van der Waals surface area contributed by atoms with Gasteiger partial charge in [0.25, 0.3) is 0 Å². The molecule has 0 radical (unpaired) electrons. The van der Waals surface area contributed by atoms with E-state index in [1.807, 2.05) is 19.9 Å². The minimum atomic E-state index is -0.924. The predicted octanol–water partition coefficient (Wildman–Crippen LogP) is 5.79. The number of nitrogens with zero attached hydrogens (tertiary/aromatic N) is 1. The molecule has 1 fully saturated rings. The van der Waals surface area contributed by atoms with Crippen molar-refractivity contribution in [1.29, 1.82) is 0 Å². The number of esters is 2. The number of unbranched alkanes of at least 4 members (excludes halogenated alkanes) is 1. The second-order valence-electron chi connectivity index (χ2n) is 6.90. The van der Waals surface area contributed by atoms with Gasteiger partial charge in [-0.25, -0.2) is 9.59 Å². The van der Waals surface area contributed by atoms with E-state index in [1.54, 1.807) is 13.0 Å². The van der Waals surface area contributed by atoms with Gasteiger partial charge in [-0.05, 0) is 66.5 Å². The Morgan fingerprint density at radius 1 is 1.28 bits per heavy atom. The average molecular weight is 554 g/mol. The smallest absolute Gasteiger partial charge is 0.347 e. The van der Waals surface area contributed by atoms with Crippen molar-refractivity contribution in [1.82, 2.24) is 0 Å². The lowest BCUT2D eigenvalue weighted by Crippen LogP contribution is -2.28. The molecule has 5 nitrogen and oxygen atoms in total. The Kier molecular flexibility index (Phi) is 9.56. The van der Waals surface area contributed by atoms with Crippen LogP contribution < -0.4 is 4.90 Å². The number of ether oxygens (including phenoxy) is 2. The zero-order chi connectivity index (χ0) is 21.6. The maximum Gasteiger partial charge on any atom is 0.347 e. The highest BCUT2D eigenvalue weighted by Gasteiger charge is 2.27. The van der Waals surface area contributed by atoms with Gasteiger partial charge in [-0.1, -0.05) is 43.5 Å². The summed E-state index contributed by atoms with van der Waals surface area (Å²) in [5, 5.41) is 1.18. The minimum Gasteiger partial charge on any atom is -0.463 e. The van der Waals surface area contributed by atoms with Crippen LogP contribution in [-0.4, -0.2) is 37.7 Å². The number of anilines is 1. The first kappa shape index (κ1) is 24.3. The van der Waals surface area contributed by atoms with Gasteiger partial charge in [-0.2, -0.15) is 0 Å². The van der Waals surface area contributed by atoms with Crippen molar-refractivity contribution in [2.24, 2.45) is 0 Å². The summed E-state index contributed by atoms with van der Waals surface area (Å²) in [6, 6.07) is 3.60. The standard InChI is InChI=1S/C21H26Cl2INO4/c1-4-6-9-28-20(26)13(3)29-21(27)16(5-2)14-7-8-25(12-14)18-11-15(22)10-17(23)19(18)24/h10-11,13H,4-9,12H2,1-3H3/b16-14+/t13-/m0/s1. The molecule has 0 saturated carbocycles. The summed E-state index contributed by atoms with van der Waals surface area (Å²) in [7, 11) is 0. The Balaban J connectivity index is 2.09. The first-order chi connectivity index (χ1) is 13.8. The lowest BCUT2D eigenvalue weighted by atomic mass is 10.1. The predicted molar refractivity (Wildman–Crippen MR) is 125 cm³/mol. The van der Waals surface area contributed by atoms with Crippen LogP contribution >= 0.6 is 45.8 Å². The molecule has 2 rings (SSSR count). The van der Waals surface area contributed by atoms with E-state index in [0.717, 1.165) is 40.6 Å². The van der Waals surface area contributed by atoms with Gasteiger partial charge in [0.1, 0.15) is 0 Å². The van der Waals surface area contributed by atoms with Crippen LogP contribution in [0.4, 0.5) is 5.69 Å². The summed E-state index contributed by atoms with van der Waals surface area (Å²) < 4.78 is 11.4.